The Bertz CT molecular complexity index is 556. The predicted molar refractivity (Wildman–Crippen MR) is 72.6 cm³/mol. The summed E-state index contributed by atoms with van der Waals surface area (Å²) in [6, 6.07) is 12.4. The van der Waals surface area contributed by atoms with Crippen molar-refractivity contribution in [2.45, 2.75) is 32.0 Å². The van der Waals surface area contributed by atoms with Gasteiger partial charge in [-0.15, -0.1) is 0 Å². The first-order chi connectivity index (χ1) is 8.77. The van der Waals surface area contributed by atoms with Crippen molar-refractivity contribution in [2.75, 3.05) is 6.61 Å². The van der Waals surface area contributed by atoms with Crippen LogP contribution >= 0.6 is 0 Å². The van der Waals surface area contributed by atoms with Gasteiger partial charge >= 0.3 is 0 Å². The topological polar surface area (TPSA) is 29.5 Å². The van der Waals surface area contributed by atoms with E-state index in [1.165, 1.54) is 5.39 Å². The van der Waals surface area contributed by atoms with E-state index < -0.39 is 6.10 Å². The Labute approximate surface area is 107 Å². The third-order valence-electron chi connectivity index (χ3n) is 3.80. The van der Waals surface area contributed by atoms with E-state index in [1.54, 1.807) is 0 Å². The minimum absolute atomic E-state index is 0.0468. The molecule has 0 radical (unpaired) electrons. The molecule has 0 bridgehead atoms. The molecule has 2 unspecified atom stereocenters. The van der Waals surface area contributed by atoms with Crippen LogP contribution in [0.4, 0.5) is 0 Å². The molecule has 2 atom stereocenters. The highest BCUT2D eigenvalue weighted by atomic mass is 16.5. The molecule has 2 nitrogen and oxygen atoms in total. The summed E-state index contributed by atoms with van der Waals surface area (Å²) < 4.78 is 5.62. The minimum atomic E-state index is -0.515. The van der Waals surface area contributed by atoms with Gasteiger partial charge in [-0.1, -0.05) is 36.4 Å². The summed E-state index contributed by atoms with van der Waals surface area (Å²) >= 11 is 0. The lowest BCUT2D eigenvalue weighted by atomic mass is 9.92. The number of rotatable bonds is 2. The van der Waals surface area contributed by atoms with Crippen LogP contribution < -0.4 is 0 Å². The summed E-state index contributed by atoms with van der Waals surface area (Å²) in [5.74, 6) is 0. The maximum Gasteiger partial charge on any atom is 0.106 e. The highest BCUT2D eigenvalue weighted by Crippen LogP contribution is 2.33. The fraction of sp³-hybridized carbons (Fsp3) is 0.375. The van der Waals surface area contributed by atoms with Gasteiger partial charge < -0.3 is 9.84 Å². The maximum atomic E-state index is 10.6. The zero-order valence-electron chi connectivity index (χ0n) is 10.6. The lowest BCUT2D eigenvalue weighted by Gasteiger charge is -2.21. The van der Waals surface area contributed by atoms with Crippen molar-refractivity contribution in [3.05, 3.63) is 47.5 Å². The van der Waals surface area contributed by atoms with E-state index in [0.29, 0.717) is 0 Å². The molecule has 0 spiro atoms. The van der Waals surface area contributed by atoms with E-state index in [1.807, 2.05) is 12.1 Å². The number of hydrogen-bond donors (Lipinski definition) is 1. The molecule has 1 N–H and O–H groups in total. The molecule has 2 heteroatoms. The molecule has 1 aliphatic heterocycles. The van der Waals surface area contributed by atoms with Crippen LogP contribution in [-0.2, 0) is 4.74 Å². The van der Waals surface area contributed by atoms with Gasteiger partial charge in [-0.05, 0) is 41.7 Å². The Hall–Kier alpha value is -1.38. The van der Waals surface area contributed by atoms with E-state index in [2.05, 4.69) is 31.2 Å². The van der Waals surface area contributed by atoms with Crippen molar-refractivity contribution < 1.29 is 9.84 Å². The Morgan fingerprint density at radius 2 is 2.06 bits per heavy atom. The fourth-order valence-corrected chi connectivity index (χ4v) is 2.83. The molecular weight excluding hydrogens is 224 g/mol. The first-order valence-electron chi connectivity index (χ1n) is 6.55. The molecule has 18 heavy (non-hydrogen) atoms. The fourth-order valence-electron chi connectivity index (χ4n) is 2.83. The molecule has 3 rings (SSSR count). The van der Waals surface area contributed by atoms with Crippen LogP contribution in [0.2, 0.25) is 0 Å². The van der Waals surface area contributed by atoms with Crippen LogP contribution in [0, 0.1) is 6.92 Å². The lowest BCUT2D eigenvalue weighted by Crippen LogP contribution is -2.18. The highest BCUT2D eigenvalue weighted by Gasteiger charge is 2.27. The highest BCUT2D eigenvalue weighted by molar-refractivity contribution is 5.87. The number of hydrogen-bond acceptors (Lipinski definition) is 2. The van der Waals surface area contributed by atoms with Gasteiger partial charge in [-0.25, -0.2) is 0 Å². The molecular formula is C16H18O2. The van der Waals surface area contributed by atoms with Crippen LogP contribution in [-0.4, -0.2) is 17.8 Å². The predicted octanol–water partition coefficient (Wildman–Crippen LogP) is 3.36. The standard InChI is InChI=1S/C16H18O2/c1-11-8-9-12-5-2-3-6-13(12)15(11)16(17)14-7-4-10-18-14/h2-3,5-6,8-9,14,16-17H,4,7,10H2,1H3. The van der Waals surface area contributed by atoms with Gasteiger partial charge in [0, 0.05) is 6.61 Å². The molecule has 94 valence electrons. The third kappa shape index (κ3) is 1.92. The molecule has 1 aliphatic rings. The molecule has 2 aromatic carbocycles. The Balaban J connectivity index is 2.11. The van der Waals surface area contributed by atoms with Crippen molar-refractivity contribution in [1.29, 1.82) is 0 Å². The summed E-state index contributed by atoms with van der Waals surface area (Å²) in [6.07, 6.45) is 1.43. The molecule has 1 saturated heterocycles. The first kappa shape index (κ1) is 11.7. The average molecular weight is 242 g/mol. The van der Waals surface area contributed by atoms with Gasteiger partial charge in [0.2, 0.25) is 0 Å². The Kier molecular flexibility index (Phi) is 3.06. The number of aryl methyl sites for hydroxylation is 1. The Morgan fingerprint density at radius 1 is 1.22 bits per heavy atom. The number of aliphatic hydroxyl groups excluding tert-OH is 1. The number of ether oxygens (including phenoxy) is 1. The first-order valence-corrected chi connectivity index (χ1v) is 6.55. The van der Waals surface area contributed by atoms with Crippen molar-refractivity contribution >= 4 is 10.8 Å². The monoisotopic (exact) mass is 242 g/mol. The van der Waals surface area contributed by atoms with Crippen molar-refractivity contribution in [3.63, 3.8) is 0 Å². The van der Waals surface area contributed by atoms with E-state index in [-0.39, 0.29) is 6.10 Å². The normalized spacial score (nSPS) is 21.3. The summed E-state index contributed by atoms with van der Waals surface area (Å²) in [6.45, 7) is 2.82. The van der Waals surface area contributed by atoms with Crippen LogP contribution in [0.25, 0.3) is 10.8 Å². The molecule has 1 fully saturated rings. The zero-order chi connectivity index (χ0) is 12.5. The summed E-state index contributed by atoms with van der Waals surface area (Å²) in [5, 5.41) is 12.9. The number of fused-ring (bicyclic) bond motifs is 1. The minimum Gasteiger partial charge on any atom is -0.386 e. The van der Waals surface area contributed by atoms with Gasteiger partial charge in [-0.3, -0.25) is 0 Å². The van der Waals surface area contributed by atoms with E-state index >= 15 is 0 Å². The van der Waals surface area contributed by atoms with Crippen molar-refractivity contribution in [2.24, 2.45) is 0 Å². The van der Waals surface area contributed by atoms with E-state index in [4.69, 9.17) is 4.74 Å². The maximum absolute atomic E-state index is 10.6. The van der Waals surface area contributed by atoms with Crippen LogP contribution in [0.15, 0.2) is 36.4 Å². The van der Waals surface area contributed by atoms with Gasteiger partial charge in [0.05, 0.1) is 6.10 Å². The molecule has 2 aromatic rings. The molecule has 0 aromatic heterocycles. The smallest absolute Gasteiger partial charge is 0.106 e. The van der Waals surface area contributed by atoms with Crippen molar-refractivity contribution in [3.8, 4) is 0 Å². The second kappa shape index (κ2) is 4.71. The quantitative estimate of drug-likeness (QED) is 0.875. The molecule has 0 aliphatic carbocycles. The van der Waals surface area contributed by atoms with Gasteiger partial charge in [0.25, 0.3) is 0 Å². The number of aliphatic hydroxyl groups is 1. The second-order valence-corrected chi connectivity index (χ2v) is 5.01. The Morgan fingerprint density at radius 3 is 2.83 bits per heavy atom. The third-order valence-corrected chi connectivity index (χ3v) is 3.80. The van der Waals surface area contributed by atoms with Crippen LogP contribution in [0.3, 0.4) is 0 Å². The van der Waals surface area contributed by atoms with E-state index in [9.17, 15) is 5.11 Å². The van der Waals surface area contributed by atoms with Crippen LogP contribution in [0.5, 0.6) is 0 Å². The van der Waals surface area contributed by atoms with Gasteiger partial charge in [-0.2, -0.15) is 0 Å². The lowest BCUT2D eigenvalue weighted by molar-refractivity contribution is -0.00214. The molecule has 0 saturated carbocycles. The number of benzene rings is 2. The van der Waals surface area contributed by atoms with Gasteiger partial charge in [0.1, 0.15) is 6.10 Å². The van der Waals surface area contributed by atoms with Gasteiger partial charge in [0.15, 0.2) is 0 Å². The largest absolute Gasteiger partial charge is 0.386 e. The zero-order valence-corrected chi connectivity index (χ0v) is 10.6. The SMILES string of the molecule is Cc1ccc2ccccc2c1C(O)C1CCCO1. The van der Waals surface area contributed by atoms with Crippen molar-refractivity contribution in [1.82, 2.24) is 0 Å². The van der Waals surface area contributed by atoms with Crippen LogP contribution in [0.1, 0.15) is 30.1 Å². The van der Waals surface area contributed by atoms with E-state index in [0.717, 1.165) is 36.0 Å². The second-order valence-electron chi connectivity index (χ2n) is 5.01. The molecule has 0 amide bonds. The summed E-state index contributed by atoms with van der Waals surface area (Å²) in [4.78, 5) is 0. The summed E-state index contributed by atoms with van der Waals surface area (Å²) in [7, 11) is 0. The molecule has 1 heterocycles. The average Bonchev–Trinajstić information content (AvgIpc) is 2.92. The summed E-state index contributed by atoms with van der Waals surface area (Å²) in [5.41, 5.74) is 2.16.